The zero-order valence-electron chi connectivity index (χ0n) is 9.90. The first-order valence-corrected chi connectivity index (χ1v) is 6.37. The molecule has 0 radical (unpaired) electrons. The van der Waals surface area contributed by atoms with E-state index in [1.54, 1.807) is 17.0 Å². The number of hydrogen-bond acceptors (Lipinski definition) is 2. The first kappa shape index (κ1) is 13.3. The van der Waals surface area contributed by atoms with Crippen LogP contribution in [0, 0.1) is 5.82 Å². The molecule has 1 N–H and O–H groups in total. The Kier molecular flexibility index (Phi) is 4.19. The van der Waals surface area contributed by atoms with Gasteiger partial charge >= 0.3 is 5.97 Å². The number of halogens is 2. The van der Waals surface area contributed by atoms with Gasteiger partial charge in [-0.15, -0.1) is 0 Å². The van der Waals surface area contributed by atoms with Crippen LogP contribution in [-0.4, -0.2) is 28.6 Å². The molecule has 0 spiro atoms. The molecular formula is C13H15ClFNO2. The topological polar surface area (TPSA) is 40.5 Å². The van der Waals surface area contributed by atoms with Gasteiger partial charge in [0.05, 0.1) is 0 Å². The molecule has 2 rings (SSSR count). The zero-order valence-corrected chi connectivity index (χ0v) is 10.7. The maximum Gasteiger partial charge on any atom is 0.320 e. The summed E-state index contributed by atoms with van der Waals surface area (Å²) in [7, 11) is 0. The molecule has 1 fully saturated rings. The number of nitrogens with zero attached hydrogens (tertiary/aromatic N) is 1. The molecule has 0 unspecified atom stereocenters. The third-order valence-electron chi connectivity index (χ3n) is 3.32. The van der Waals surface area contributed by atoms with Gasteiger partial charge < -0.3 is 5.11 Å². The molecule has 1 heterocycles. The van der Waals surface area contributed by atoms with Gasteiger partial charge in [0.2, 0.25) is 0 Å². The number of benzene rings is 1. The highest BCUT2D eigenvalue weighted by Crippen LogP contribution is 2.25. The van der Waals surface area contributed by atoms with E-state index in [4.69, 9.17) is 16.7 Å². The van der Waals surface area contributed by atoms with Crippen LogP contribution in [-0.2, 0) is 11.3 Å². The molecule has 0 saturated carbocycles. The highest BCUT2D eigenvalue weighted by molar-refractivity contribution is 6.31. The molecule has 3 nitrogen and oxygen atoms in total. The Hall–Kier alpha value is -1.13. The number of carbonyl (C=O) groups is 1. The van der Waals surface area contributed by atoms with Gasteiger partial charge in [-0.05, 0) is 31.5 Å². The number of carboxylic acid groups (broad SMARTS) is 1. The maximum absolute atomic E-state index is 13.7. The van der Waals surface area contributed by atoms with Crippen molar-refractivity contribution in [3.8, 4) is 0 Å². The molecule has 18 heavy (non-hydrogen) atoms. The van der Waals surface area contributed by atoms with Crippen molar-refractivity contribution >= 4 is 17.6 Å². The maximum atomic E-state index is 13.7. The zero-order chi connectivity index (χ0) is 13.1. The lowest BCUT2D eigenvalue weighted by Crippen LogP contribution is -2.44. The van der Waals surface area contributed by atoms with E-state index in [-0.39, 0.29) is 12.4 Å². The third-order valence-corrected chi connectivity index (χ3v) is 3.68. The monoisotopic (exact) mass is 271 g/mol. The highest BCUT2D eigenvalue weighted by atomic mass is 35.5. The number of aliphatic carboxylic acids is 1. The Morgan fingerprint density at radius 1 is 1.50 bits per heavy atom. The average molecular weight is 272 g/mol. The minimum atomic E-state index is -0.845. The van der Waals surface area contributed by atoms with Crippen molar-refractivity contribution in [1.82, 2.24) is 4.90 Å². The molecular weight excluding hydrogens is 257 g/mol. The standard InChI is InChI=1S/C13H15ClFNO2/c14-10-4-3-5-11(15)9(10)8-16-7-2-1-6-12(16)13(17)18/h3-5,12H,1-2,6-8H2,(H,17,18)/t12-/m1/s1. The largest absolute Gasteiger partial charge is 0.480 e. The molecule has 1 atom stereocenters. The summed E-state index contributed by atoms with van der Waals surface area (Å²) in [5.74, 6) is -1.22. The average Bonchev–Trinajstić information content (AvgIpc) is 2.34. The van der Waals surface area contributed by atoms with Crippen LogP contribution in [0.1, 0.15) is 24.8 Å². The van der Waals surface area contributed by atoms with Gasteiger partial charge in [0.1, 0.15) is 11.9 Å². The summed E-state index contributed by atoms with van der Waals surface area (Å²) in [5, 5.41) is 9.51. The molecule has 5 heteroatoms. The van der Waals surface area contributed by atoms with Gasteiger partial charge in [-0.25, -0.2) is 4.39 Å². The Morgan fingerprint density at radius 3 is 2.94 bits per heavy atom. The lowest BCUT2D eigenvalue weighted by atomic mass is 10.0. The smallest absolute Gasteiger partial charge is 0.320 e. The summed E-state index contributed by atoms with van der Waals surface area (Å²) in [6, 6.07) is 3.99. The first-order valence-electron chi connectivity index (χ1n) is 5.99. The van der Waals surface area contributed by atoms with Gasteiger partial charge in [0, 0.05) is 17.1 Å². The van der Waals surface area contributed by atoms with Gasteiger partial charge in [-0.1, -0.05) is 24.1 Å². The van der Waals surface area contributed by atoms with E-state index in [1.165, 1.54) is 6.07 Å². The van der Waals surface area contributed by atoms with Crippen molar-refractivity contribution in [2.75, 3.05) is 6.54 Å². The van der Waals surface area contributed by atoms with Crippen molar-refractivity contribution in [3.05, 3.63) is 34.6 Å². The first-order chi connectivity index (χ1) is 8.59. The van der Waals surface area contributed by atoms with Crippen LogP contribution >= 0.6 is 11.6 Å². The number of hydrogen-bond donors (Lipinski definition) is 1. The minimum Gasteiger partial charge on any atom is -0.480 e. The SMILES string of the molecule is O=C(O)[C@H]1CCCCN1Cc1c(F)cccc1Cl. The predicted molar refractivity (Wildman–Crippen MR) is 67.1 cm³/mol. The summed E-state index contributed by atoms with van der Waals surface area (Å²) in [6.45, 7) is 0.921. The fraction of sp³-hybridized carbons (Fsp3) is 0.462. The molecule has 1 aliphatic heterocycles. The summed E-state index contributed by atoms with van der Waals surface area (Å²) in [4.78, 5) is 12.9. The second kappa shape index (κ2) is 5.67. The fourth-order valence-electron chi connectivity index (χ4n) is 2.35. The van der Waals surface area contributed by atoms with Crippen molar-refractivity contribution < 1.29 is 14.3 Å². The predicted octanol–water partition coefficient (Wildman–Crippen LogP) is 2.92. The Balaban J connectivity index is 2.18. The number of piperidine rings is 1. The molecule has 0 amide bonds. The van der Waals surface area contributed by atoms with Crippen molar-refractivity contribution in [2.45, 2.75) is 31.8 Å². The van der Waals surface area contributed by atoms with Crippen molar-refractivity contribution in [1.29, 1.82) is 0 Å². The minimum absolute atomic E-state index is 0.252. The van der Waals surface area contributed by atoms with E-state index in [9.17, 15) is 9.18 Å². The molecule has 1 aliphatic rings. The summed E-state index contributed by atoms with van der Waals surface area (Å²) >= 11 is 5.96. The highest BCUT2D eigenvalue weighted by Gasteiger charge is 2.29. The fourth-order valence-corrected chi connectivity index (χ4v) is 2.57. The Bertz CT molecular complexity index is 432. The number of rotatable bonds is 3. The van der Waals surface area contributed by atoms with Crippen LogP contribution in [0.4, 0.5) is 4.39 Å². The Morgan fingerprint density at radius 2 is 2.28 bits per heavy atom. The second-order valence-corrected chi connectivity index (χ2v) is 4.93. The lowest BCUT2D eigenvalue weighted by molar-refractivity contribution is -0.144. The molecule has 1 saturated heterocycles. The van der Waals surface area contributed by atoms with E-state index in [0.717, 1.165) is 12.8 Å². The van der Waals surface area contributed by atoms with E-state index in [0.29, 0.717) is 23.6 Å². The van der Waals surface area contributed by atoms with E-state index in [2.05, 4.69) is 0 Å². The summed E-state index contributed by atoms with van der Waals surface area (Å²) < 4.78 is 13.7. The van der Waals surface area contributed by atoms with Crippen LogP contribution in [0.25, 0.3) is 0 Å². The Labute approximate surface area is 110 Å². The summed E-state index contributed by atoms with van der Waals surface area (Å²) in [5.41, 5.74) is 0.382. The van der Waals surface area contributed by atoms with Crippen molar-refractivity contribution in [2.24, 2.45) is 0 Å². The third kappa shape index (κ3) is 2.82. The molecule has 0 aromatic heterocycles. The van der Waals surface area contributed by atoms with Crippen LogP contribution in [0.2, 0.25) is 5.02 Å². The molecule has 1 aromatic rings. The molecule has 0 aliphatic carbocycles. The van der Waals surface area contributed by atoms with Gasteiger partial charge in [0.25, 0.3) is 0 Å². The summed E-state index contributed by atoms with van der Waals surface area (Å²) in [6.07, 6.45) is 2.45. The van der Waals surface area contributed by atoms with Crippen LogP contribution in [0.3, 0.4) is 0 Å². The second-order valence-electron chi connectivity index (χ2n) is 4.52. The van der Waals surface area contributed by atoms with Crippen LogP contribution in [0.5, 0.6) is 0 Å². The molecule has 98 valence electrons. The van der Waals surface area contributed by atoms with E-state index in [1.807, 2.05) is 0 Å². The molecule has 0 bridgehead atoms. The normalized spacial score (nSPS) is 20.9. The lowest BCUT2D eigenvalue weighted by Gasteiger charge is -2.33. The van der Waals surface area contributed by atoms with E-state index < -0.39 is 12.0 Å². The van der Waals surface area contributed by atoms with E-state index >= 15 is 0 Å². The van der Waals surface area contributed by atoms with Crippen molar-refractivity contribution in [3.63, 3.8) is 0 Å². The van der Waals surface area contributed by atoms with Gasteiger partial charge in [-0.3, -0.25) is 9.69 Å². The number of carboxylic acids is 1. The van der Waals surface area contributed by atoms with Crippen LogP contribution < -0.4 is 0 Å². The van der Waals surface area contributed by atoms with Crippen LogP contribution in [0.15, 0.2) is 18.2 Å². The van der Waals surface area contributed by atoms with Gasteiger partial charge in [-0.2, -0.15) is 0 Å². The number of likely N-dealkylation sites (tertiary alicyclic amines) is 1. The van der Waals surface area contributed by atoms with Gasteiger partial charge in [0.15, 0.2) is 0 Å². The quantitative estimate of drug-likeness (QED) is 0.919. The molecule has 1 aromatic carbocycles.